The molecule has 0 saturated carbocycles. The molecule has 0 aliphatic carbocycles. The van der Waals surface area contributed by atoms with E-state index in [-0.39, 0.29) is 0 Å². The molecule has 0 aliphatic heterocycles. The van der Waals surface area contributed by atoms with Crippen LogP contribution in [-0.4, -0.2) is 9.13 Å². The maximum absolute atomic E-state index is 2.46. The third-order valence-electron chi connectivity index (χ3n) is 11.7. The Kier molecular flexibility index (Phi) is 7.13. The average Bonchev–Trinajstić information content (AvgIpc) is 3.93. The van der Waals surface area contributed by atoms with E-state index in [1.807, 2.05) is 11.3 Å². The topological polar surface area (TPSA) is 9.86 Å². The fourth-order valence-electron chi connectivity index (χ4n) is 9.13. The minimum absolute atomic E-state index is 1.14. The molecule has 12 rings (SSSR count). The molecule has 0 atom stereocenters. The van der Waals surface area contributed by atoms with E-state index in [2.05, 4.69) is 215 Å². The summed E-state index contributed by atoms with van der Waals surface area (Å²) in [7, 11) is 0. The molecule has 0 unspecified atom stereocenters. The second kappa shape index (κ2) is 12.7. The van der Waals surface area contributed by atoms with Gasteiger partial charge in [-0.2, -0.15) is 0 Å². The minimum Gasteiger partial charge on any atom is -0.309 e. The monoisotopic (exact) mass is 742 g/mol. The Morgan fingerprint density at radius 1 is 0.281 bits per heavy atom. The lowest BCUT2D eigenvalue weighted by Gasteiger charge is -2.13. The first-order valence-electron chi connectivity index (χ1n) is 19.5. The van der Waals surface area contributed by atoms with Gasteiger partial charge in [0.15, 0.2) is 0 Å². The van der Waals surface area contributed by atoms with E-state index < -0.39 is 0 Å². The zero-order chi connectivity index (χ0) is 37.5. The highest BCUT2D eigenvalue weighted by Gasteiger charge is 2.21. The fraction of sp³-hybridized carbons (Fsp3) is 0. The quantitative estimate of drug-likeness (QED) is 0.166. The lowest BCUT2D eigenvalue weighted by atomic mass is 9.92. The largest absolute Gasteiger partial charge is 0.309 e. The van der Waals surface area contributed by atoms with E-state index in [1.54, 1.807) is 0 Å². The van der Waals surface area contributed by atoms with Gasteiger partial charge in [-0.1, -0.05) is 146 Å². The molecule has 0 N–H and O–H groups in total. The highest BCUT2D eigenvalue weighted by molar-refractivity contribution is 7.26. The molecule has 0 aliphatic rings. The first-order chi connectivity index (χ1) is 28.3. The zero-order valence-electron chi connectivity index (χ0n) is 30.9. The van der Waals surface area contributed by atoms with Gasteiger partial charge in [-0.05, 0) is 94.0 Å². The Labute approximate surface area is 333 Å². The molecule has 266 valence electrons. The van der Waals surface area contributed by atoms with E-state index >= 15 is 0 Å². The smallest absolute Gasteiger partial charge is 0.0562 e. The molecule has 0 radical (unpaired) electrons. The number of benzene rings is 9. The Bertz CT molecular complexity index is 3480. The van der Waals surface area contributed by atoms with Crippen molar-refractivity contribution >= 4 is 75.1 Å². The minimum atomic E-state index is 1.14. The molecule has 0 spiro atoms. The van der Waals surface area contributed by atoms with E-state index in [0.29, 0.717) is 0 Å². The van der Waals surface area contributed by atoms with Crippen molar-refractivity contribution in [1.82, 2.24) is 9.13 Å². The number of para-hydroxylation sites is 2. The van der Waals surface area contributed by atoms with Gasteiger partial charge in [-0.25, -0.2) is 0 Å². The van der Waals surface area contributed by atoms with Crippen LogP contribution in [0.4, 0.5) is 0 Å². The molecule has 9 aromatic carbocycles. The van der Waals surface area contributed by atoms with Gasteiger partial charge in [0.1, 0.15) is 0 Å². The van der Waals surface area contributed by atoms with Crippen molar-refractivity contribution in [2.75, 3.05) is 0 Å². The Morgan fingerprint density at radius 3 is 1.53 bits per heavy atom. The lowest BCUT2D eigenvalue weighted by Crippen LogP contribution is -1.96. The van der Waals surface area contributed by atoms with Crippen LogP contribution < -0.4 is 0 Å². The van der Waals surface area contributed by atoms with Crippen LogP contribution in [0.15, 0.2) is 206 Å². The summed E-state index contributed by atoms with van der Waals surface area (Å²) < 4.78 is 7.58. The van der Waals surface area contributed by atoms with E-state index in [0.717, 1.165) is 11.4 Å². The maximum Gasteiger partial charge on any atom is 0.0562 e. The van der Waals surface area contributed by atoms with E-state index in [9.17, 15) is 0 Å². The van der Waals surface area contributed by atoms with Gasteiger partial charge in [0.05, 0.1) is 22.1 Å². The Morgan fingerprint density at radius 2 is 0.789 bits per heavy atom. The number of thiophene rings is 1. The SMILES string of the molecule is c1ccc(-c2cc3c4cc5c6ccccc6n(-c6ccc(-c7cccc8c7sc7ccccc78)cc6)c5cc4n(-c4ccccc4)c3cc2-c2ccccc2)cc1. The first-order valence-corrected chi connectivity index (χ1v) is 20.3. The van der Waals surface area contributed by atoms with Gasteiger partial charge in [0.2, 0.25) is 0 Å². The van der Waals surface area contributed by atoms with Crippen molar-refractivity contribution in [2.24, 2.45) is 0 Å². The van der Waals surface area contributed by atoms with Gasteiger partial charge in [0, 0.05) is 53.1 Å². The van der Waals surface area contributed by atoms with Crippen LogP contribution in [0.3, 0.4) is 0 Å². The molecule has 57 heavy (non-hydrogen) atoms. The van der Waals surface area contributed by atoms with Gasteiger partial charge in [-0.3, -0.25) is 0 Å². The molecule has 0 saturated heterocycles. The van der Waals surface area contributed by atoms with Crippen molar-refractivity contribution in [3.63, 3.8) is 0 Å². The van der Waals surface area contributed by atoms with Gasteiger partial charge in [-0.15, -0.1) is 11.3 Å². The third-order valence-corrected chi connectivity index (χ3v) is 12.9. The number of nitrogens with zero attached hydrogens (tertiary/aromatic N) is 2. The lowest BCUT2D eigenvalue weighted by molar-refractivity contribution is 1.16. The normalized spacial score (nSPS) is 11.9. The first kappa shape index (κ1) is 32.1. The Balaban J connectivity index is 1.12. The summed E-state index contributed by atoms with van der Waals surface area (Å²) in [6, 6.07) is 75.6. The molecule has 0 bridgehead atoms. The predicted octanol–water partition coefficient (Wildman–Crippen LogP) is 15.2. The van der Waals surface area contributed by atoms with Crippen LogP contribution >= 0.6 is 11.3 Å². The number of hydrogen-bond acceptors (Lipinski definition) is 1. The molecule has 0 amide bonds. The standard InChI is InChI=1S/C54H34N2S/c1-4-15-35(16-5-1)44-31-47-48-32-46-41-21-10-12-25-49(41)55(39-29-27-37(28-30-39)40-23-14-24-43-42-22-11-13-26-53(42)57-54(40)43)51(46)34-52(48)56(38-19-8-3-9-20-38)50(47)33-45(44)36-17-6-2-7-18-36/h1-34H. The summed E-state index contributed by atoms with van der Waals surface area (Å²) in [5.41, 5.74) is 14.4. The fourth-order valence-corrected chi connectivity index (χ4v) is 10.4. The van der Waals surface area contributed by atoms with Crippen molar-refractivity contribution in [3.8, 4) is 44.8 Å². The maximum atomic E-state index is 2.46. The van der Waals surface area contributed by atoms with Crippen molar-refractivity contribution in [2.45, 2.75) is 0 Å². The van der Waals surface area contributed by atoms with Gasteiger partial charge in [0.25, 0.3) is 0 Å². The number of aromatic nitrogens is 2. The predicted molar refractivity (Wildman–Crippen MR) is 244 cm³/mol. The van der Waals surface area contributed by atoms with Crippen molar-refractivity contribution < 1.29 is 0 Å². The average molecular weight is 743 g/mol. The summed E-state index contributed by atoms with van der Waals surface area (Å²) in [6.07, 6.45) is 0. The summed E-state index contributed by atoms with van der Waals surface area (Å²) in [4.78, 5) is 0. The van der Waals surface area contributed by atoms with Gasteiger partial charge < -0.3 is 9.13 Å². The van der Waals surface area contributed by atoms with Crippen LogP contribution in [0.25, 0.3) is 109 Å². The summed E-state index contributed by atoms with van der Waals surface area (Å²) in [5, 5.41) is 7.63. The summed E-state index contributed by atoms with van der Waals surface area (Å²) in [6.45, 7) is 0. The van der Waals surface area contributed by atoms with Crippen LogP contribution in [0.1, 0.15) is 0 Å². The van der Waals surface area contributed by atoms with Crippen LogP contribution in [0.2, 0.25) is 0 Å². The van der Waals surface area contributed by atoms with Gasteiger partial charge >= 0.3 is 0 Å². The molecule has 3 aromatic heterocycles. The number of fused-ring (bicyclic) bond motifs is 9. The number of hydrogen-bond donors (Lipinski definition) is 0. The second-order valence-electron chi connectivity index (χ2n) is 14.9. The highest BCUT2D eigenvalue weighted by Crippen LogP contribution is 2.44. The van der Waals surface area contributed by atoms with E-state index in [4.69, 9.17) is 0 Å². The van der Waals surface area contributed by atoms with Crippen molar-refractivity contribution in [3.05, 3.63) is 206 Å². The Hall–Kier alpha value is -7.20. The van der Waals surface area contributed by atoms with Crippen LogP contribution in [0, 0.1) is 0 Å². The second-order valence-corrected chi connectivity index (χ2v) is 15.9. The molecular weight excluding hydrogens is 709 g/mol. The molecule has 3 heterocycles. The number of rotatable bonds is 5. The molecule has 0 fully saturated rings. The molecule has 2 nitrogen and oxygen atoms in total. The van der Waals surface area contributed by atoms with E-state index in [1.165, 1.54) is 97.2 Å². The van der Waals surface area contributed by atoms with Crippen LogP contribution in [0.5, 0.6) is 0 Å². The molecular formula is C54H34N2S. The summed E-state index contributed by atoms with van der Waals surface area (Å²) >= 11 is 1.88. The zero-order valence-corrected chi connectivity index (χ0v) is 31.7. The third kappa shape index (κ3) is 4.96. The van der Waals surface area contributed by atoms with Crippen LogP contribution in [-0.2, 0) is 0 Å². The molecule has 12 aromatic rings. The summed E-state index contributed by atoms with van der Waals surface area (Å²) in [5.74, 6) is 0. The van der Waals surface area contributed by atoms with Crippen molar-refractivity contribution in [1.29, 1.82) is 0 Å². The highest BCUT2D eigenvalue weighted by atomic mass is 32.1. The molecule has 3 heteroatoms.